The molecule has 0 aliphatic heterocycles. The molecule has 5 aromatic carbocycles. The summed E-state index contributed by atoms with van der Waals surface area (Å²) in [6, 6.07) is 58.9. The van der Waals surface area contributed by atoms with E-state index in [9.17, 15) is 0 Å². The van der Waals surface area contributed by atoms with Crippen molar-refractivity contribution in [1.82, 2.24) is 0 Å². The monoisotopic (exact) mass is 639 g/mol. The number of nitrogens with zero attached hydrogens (tertiary/aromatic N) is 1. The molecule has 0 spiro atoms. The Hall–Kier alpha value is -5.22. The Bertz CT molecular complexity index is 2140. The van der Waals surface area contributed by atoms with Gasteiger partial charge in [-0.3, -0.25) is 0 Å². The van der Waals surface area contributed by atoms with E-state index in [1.807, 2.05) is 22.7 Å². The third kappa shape index (κ3) is 6.29. The summed E-state index contributed by atoms with van der Waals surface area (Å²) >= 11 is 3.74. The number of anilines is 2. The van der Waals surface area contributed by atoms with Crippen molar-refractivity contribution in [1.29, 1.82) is 0 Å². The first-order valence-electron chi connectivity index (χ1n) is 16.0. The first-order valence-corrected chi connectivity index (χ1v) is 17.7. The lowest BCUT2D eigenvalue weighted by Crippen LogP contribution is -2.17. The van der Waals surface area contributed by atoms with Crippen LogP contribution in [0.2, 0.25) is 0 Å². The Morgan fingerprint density at radius 1 is 0.426 bits per heavy atom. The molecule has 226 valence electrons. The molecule has 1 nitrogen and oxygen atoms in total. The normalized spacial score (nSPS) is 14.1. The van der Waals surface area contributed by atoms with E-state index >= 15 is 0 Å². The number of rotatable bonds is 8. The van der Waals surface area contributed by atoms with Gasteiger partial charge >= 0.3 is 0 Å². The van der Waals surface area contributed by atoms with E-state index in [2.05, 4.69) is 187 Å². The van der Waals surface area contributed by atoms with Gasteiger partial charge < -0.3 is 4.90 Å². The maximum absolute atomic E-state index is 2.40. The van der Waals surface area contributed by atoms with Gasteiger partial charge in [0.05, 0.1) is 0 Å². The molecule has 1 atom stereocenters. The van der Waals surface area contributed by atoms with Gasteiger partial charge in [-0.2, -0.15) is 0 Å². The van der Waals surface area contributed by atoms with Crippen LogP contribution >= 0.6 is 22.7 Å². The van der Waals surface area contributed by atoms with E-state index in [1.54, 1.807) is 0 Å². The molecule has 0 bridgehead atoms. The van der Waals surface area contributed by atoms with Crippen molar-refractivity contribution < 1.29 is 0 Å². The lowest BCUT2D eigenvalue weighted by molar-refractivity contribution is 0.858. The molecule has 0 N–H and O–H groups in total. The van der Waals surface area contributed by atoms with Crippen LogP contribution in [0.25, 0.3) is 42.4 Å². The molecular weight excluding hydrogens is 607 g/mol. The Kier molecular flexibility index (Phi) is 8.23. The fourth-order valence-electron chi connectivity index (χ4n) is 6.20. The summed E-state index contributed by atoms with van der Waals surface area (Å²) in [6.07, 6.45) is 8.05. The first-order chi connectivity index (χ1) is 23.3. The number of allylic oxidation sites excluding steroid dienone is 3. The van der Waals surface area contributed by atoms with Gasteiger partial charge in [0.15, 0.2) is 0 Å². The molecular formula is C44H33NS2. The number of benzene rings is 5. The Morgan fingerprint density at radius 3 is 1.40 bits per heavy atom. The molecule has 47 heavy (non-hydrogen) atoms. The zero-order chi connectivity index (χ0) is 31.4. The summed E-state index contributed by atoms with van der Waals surface area (Å²) < 4.78 is 0. The topological polar surface area (TPSA) is 3.24 Å². The molecule has 3 heteroatoms. The molecule has 2 heterocycles. The Balaban J connectivity index is 1.09. The second kappa shape index (κ2) is 13.3. The van der Waals surface area contributed by atoms with Crippen LogP contribution in [0.3, 0.4) is 0 Å². The summed E-state index contributed by atoms with van der Waals surface area (Å²) in [5.41, 5.74) is 9.73. The van der Waals surface area contributed by atoms with Crippen LogP contribution in [-0.4, -0.2) is 0 Å². The third-order valence-corrected chi connectivity index (χ3v) is 11.1. The third-order valence-electron chi connectivity index (χ3n) is 8.70. The minimum atomic E-state index is 0.378. The van der Waals surface area contributed by atoms with Crippen molar-refractivity contribution in [2.75, 3.05) is 4.90 Å². The standard InChI is InChI=1S/C44H33NS2/c1-4-10-32(11-5-1)33-16-22-38(23-17-33)45(39-24-18-36(19-25-39)43-30-28-41(46-43)34-12-6-2-7-13-34)40-26-20-37(21-27-40)44-31-29-42(47-44)35-14-8-3-9-15-35/h1-20,22-31,37H,21H2. The second-order valence-corrected chi connectivity index (χ2v) is 13.9. The van der Waals surface area contributed by atoms with Crippen molar-refractivity contribution in [3.63, 3.8) is 0 Å². The van der Waals surface area contributed by atoms with Crippen molar-refractivity contribution in [2.24, 2.45) is 0 Å². The van der Waals surface area contributed by atoms with Gasteiger partial charge in [0.1, 0.15) is 0 Å². The van der Waals surface area contributed by atoms with Crippen LogP contribution in [0.15, 0.2) is 188 Å². The largest absolute Gasteiger partial charge is 0.311 e. The fourth-order valence-corrected chi connectivity index (χ4v) is 8.32. The molecule has 0 saturated heterocycles. The Morgan fingerprint density at radius 2 is 0.872 bits per heavy atom. The highest BCUT2D eigenvalue weighted by Gasteiger charge is 2.20. The molecule has 0 saturated carbocycles. The van der Waals surface area contributed by atoms with Crippen LogP contribution in [-0.2, 0) is 0 Å². The van der Waals surface area contributed by atoms with E-state index in [0.29, 0.717) is 5.92 Å². The summed E-state index contributed by atoms with van der Waals surface area (Å²) in [6.45, 7) is 0. The summed E-state index contributed by atoms with van der Waals surface area (Å²) in [4.78, 5) is 7.69. The highest BCUT2D eigenvalue weighted by molar-refractivity contribution is 7.18. The molecule has 0 radical (unpaired) electrons. The van der Waals surface area contributed by atoms with Crippen molar-refractivity contribution in [3.05, 3.63) is 193 Å². The van der Waals surface area contributed by atoms with Gasteiger partial charge in [0.25, 0.3) is 0 Å². The SMILES string of the molecule is C1=CC(c2ccc(-c3ccccc3)s2)CC=C1N(c1ccc(-c2ccccc2)cc1)c1ccc(-c2ccc(-c3ccccc3)s2)cc1. The predicted octanol–water partition coefficient (Wildman–Crippen LogP) is 13.2. The fraction of sp³-hybridized carbons (Fsp3) is 0.0455. The molecule has 0 fully saturated rings. The van der Waals surface area contributed by atoms with Gasteiger partial charge in [0, 0.05) is 42.5 Å². The van der Waals surface area contributed by atoms with Crippen LogP contribution < -0.4 is 4.90 Å². The zero-order valence-corrected chi connectivity index (χ0v) is 27.5. The van der Waals surface area contributed by atoms with Crippen LogP contribution in [0.1, 0.15) is 17.2 Å². The van der Waals surface area contributed by atoms with Crippen molar-refractivity contribution >= 4 is 34.0 Å². The van der Waals surface area contributed by atoms with Crippen molar-refractivity contribution in [3.8, 4) is 42.4 Å². The van der Waals surface area contributed by atoms with E-state index in [0.717, 1.165) is 17.8 Å². The van der Waals surface area contributed by atoms with Gasteiger partial charge in [-0.25, -0.2) is 0 Å². The first kappa shape index (κ1) is 29.2. The molecule has 1 aliphatic carbocycles. The summed E-state index contributed by atoms with van der Waals surface area (Å²) in [5.74, 6) is 0.378. The number of thiophene rings is 2. The van der Waals surface area contributed by atoms with Gasteiger partial charge in [-0.1, -0.05) is 127 Å². The molecule has 2 aromatic heterocycles. The number of hydrogen-bond acceptors (Lipinski definition) is 3. The predicted molar refractivity (Wildman–Crippen MR) is 204 cm³/mol. The lowest BCUT2D eigenvalue weighted by atomic mass is 9.96. The minimum absolute atomic E-state index is 0.378. The molecule has 7 aromatic rings. The van der Waals surface area contributed by atoms with Crippen LogP contribution in [0.5, 0.6) is 0 Å². The molecule has 1 aliphatic rings. The van der Waals surface area contributed by atoms with Crippen molar-refractivity contribution in [2.45, 2.75) is 12.3 Å². The molecule has 0 amide bonds. The van der Waals surface area contributed by atoms with Gasteiger partial charge in [-0.15, -0.1) is 22.7 Å². The minimum Gasteiger partial charge on any atom is -0.311 e. The zero-order valence-electron chi connectivity index (χ0n) is 25.9. The Labute approximate surface area is 285 Å². The van der Waals surface area contributed by atoms with E-state index in [-0.39, 0.29) is 0 Å². The maximum Gasteiger partial charge on any atom is 0.0461 e. The average Bonchev–Trinajstić information content (AvgIpc) is 3.86. The summed E-state index contributed by atoms with van der Waals surface area (Å²) in [5, 5.41) is 0. The second-order valence-electron chi connectivity index (χ2n) is 11.7. The average molecular weight is 640 g/mol. The highest BCUT2D eigenvalue weighted by atomic mass is 32.1. The lowest BCUT2D eigenvalue weighted by Gasteiger charge is -2.29. The molecule has 1 unspecified atom stereocenters. The highest BCUT2D eigenvalue weighted by Crippen LogP contribution is 2.41. The van der Waals surface area contributed by atoms with E-state index in [1.165, 1.54) is 53.0 Å². The number of hydrogen-bond donors (Lipinski definition) is 0. The van der Waals surface area contributed by atoms with Gasteiger partial charge in [0.2, 0.25) is 0 Å². The van der Waals surface area contributed by atoms with Crippen LogP contribution in [0, 0.1) is 0 Å². The smallest absolute Gasteiger partial charge is 0.0461 e. The molecule has 8 rings (SSSR count). The van der Waals surface area contributed by atoms with Crippen LogP contribution in [0.4, 0.5) is 11.4 Å². The summed E-state index contributed by atoms with van der Waals surface area (Å²) in [7, 11) is 0. The van der Waals surface area contributed by atoms with E-state index in [4.69, 9.17) is 0 Å². The van der Waals surface area contributed by atoms with Gasteiger partial charge in [-0.05, 0) is 88.8 Å². The van der Waals surface area contributed by atoms with E-state index < -0.39 is 0 Å². The maximum atomic E-state index is 2.40. The quantitative estimate of drug-likeness (QED) is 0.160.